The summed E-state index contributed by atoms with van der Waals surface area (Å²) >= 11 is 3.54. The largest absolute Gasteiger partial charge is 0.497 e. The van der Waals surface area contributed by atoms with Gasteiger partial charge in [-0.05, 0) is 57.4 Å². The van der Waals surface area contributed by atoms with Gasteiger partial charge in [-0.25, -0.2) is 0 Å². The lowest BCUT2D eigenvalue weighted by Gasteiger charge is -2.14. The lowest BCUT2D eigenvalue weighted by Crippen LogP contribution is -2.09. The van der Waals surface area contributed by atoms with Gasteiger partial charge >= 0.3 is 0 Å². The van der Waals surface area contributed by atoms with Crippen LogP contribution in [0.15, 0.2) is 71.2 Å². The molecule has 0 aliphatic heterocycles. The van der Waals surface area contributed by atoms with Crippen LogP contribution in [0, 0.1) is 0 Å². The molecule has 0 radical (unpaired) electrons. The number of carbonyl (C=O) groups is 1. The van der Waals surface area contributed by atoms with Crippen molar-refractivity contribution in [2.24, 2.45) is 0 Å². The molecule has 3 rings (SSSR count). The molecule has 3 aromatic carbocycles. The summed E-state index contributed by atoms with van der Waals surface area (Å²) in [6.07, 6.45) is 3.13. The third-order valence-electron chi connectivity index (χ3n) is 4.57. The Morgan fingerprint density at radius 3 is 2.38 bits per heavy atom. The molecule has 166 valence electrons. The number of hydrogen-bond acceptors (Lipinski definition) is 5. The molecular formula is C25H24BrNO5. The minimum absolute atomic E-state index is 0.298. The average Bonchev–Trinajstić information content (AvgIpc) is 2.82. The molecular weight excluding hydrogens is 474 g/mol. The second kappa shape index (κ2) is 11.2. The molecule has 3 aromatic rings. The molecule has 1 amide bonds. The Balaban J connectivity index is 1.71. The second-order valence-corrected chi connectivity index (χ2v) is 7.55. The van der Waals surface area contributed by atoms with Crippen molar-refractivity contribution in [2.45, 2.75) is 6.61 Å². The summed E-state index contributed by atoms with van der Waals surface area (Å²) in [4.78, 5) is 12.4. The van der Waals surface area contributed by atoms with Gasteiger partial charge in [-0.2, -0.15) is 0 Å². The van der Waals surface area contributed by atoms with E-state index in [0.717, 1.165) is 15.6 Å². The standard InChI is InChI=1S/C25H24BrNO5/c1-29-19-10-11-21(22(15-19)30-2)27-24(28)12-9-18-13-20(26)25(23(14-18)31-3)32-16-17-7-5-4-6-8-17/h4-15H,16H2,1-3H3,(H,27,28). The predicted octanol–water partition coefficient (Wildman–Crippen LogP) is 5.71. The van der Waals surface area contributed by atoms with E-state index in [1.807, 2.05) is 42.5 Å². The molecule has 0 aliphatic rings. The van der Waals surface area contributed by atoms with Crippen LogP contribution in [-0.4, -0.2) is 27.2 Å². The molecule has 0 bridgehead atoms. The Hall–Kier alpha value is -3.45. The van der Waals surface area contributed by atoms with Crippen molar-refractivity contribution in [3.63, 3.8) is 0 Å². The van der Waals surface area contributed by atoms with Crippen LogP contribution in [0.25, 0.3) is 6.08 Å². The average molecular weight is 498 g/mol. The molecule has 32 heavy (non-hydrogen) atoms. The van der Waals surface area contributed by atoms with Crippen LogP contribution >= 0.6 is 15.9 Å². The van der Waals surface area contributed by atoms with Crippen LogP contribution in [0.5, 0.6) is 23.0 Å². The fourth-order valence-electron chi connectivity index (χ4n) is 2.95. The molecule has 0 heterocycles. The minimum Gasteiger partial charge on any atom is -0.497 e. The Morgan fingerprint density at radius 2 is 1.69 bits per heavy atom. The van der Waals surface area contributed by atoms with E-state index in [1.165, 1.54) is 13.2 Å². The van der Waals surface area contributed by atoms with E-state index >= 15 is 0 Å². The fraction of sp³-hybridized carbons (Fsp3) is 0.160. The van der Waals surface area contributed by atoms with E-state index < -0.39 is 0 Å². The molecule has 6 nitrogen and oxygen atoms in total. The zero-order valence-electron chi connectivity index (χ0n) is 18.1. The normalized spacial score (nSPS) is 10.6. The molecule has 0 aliphatic carbocycles. The summed E-state index contributed by atoms with van der Waals surface area (Å²) < 4.78 is 22.7. The summed E-state index contributed by atoms with van der Waals surface area (Å²) in [6, 6.07) is 18.7. The van der Waals surface area contributed by atoms with E-state index in [1.54, 1.807) is 38.5 Å². The van der Waals surface area contributed by atoms with E-state index in [2.05, 4.69) is 21.2 Å². The third kappa shape index (κ3) is 6.04. The van der Waals surface area contributed by atoms with Gasteiger partial charge in [0.05, 0.1) is 31.5 Å². The second-order valence-electron chi connectivity index (χ2n) is 6.70. The number of benzene rings is 3. The number of hydrogen-bond donors (Lipinski definition) is 1. The summed E-state index contributed by atoms with van der Waals surface area (Å²) in [5, 5.41) is 2.80. The SMILES string of the molecule is COc1ccc(NC(=O)C=Cc2cc(Br)c(OCc3ccccc3)c(OC)c2)c(OC)c1. The van der Waals surface area contributed by atoms with Gasteiger partial charge in [-0.1, -0.05) is 30.3 Å². The van der Waals surface area contributed by atoms with Crippen molar-refractivity contribution in [3.05, 3.63) is 82.3 Å². The van der Waals surface area contributed by atoms with Gasteiger partial charge in [0.1, 0.15) is 18.1 Å². The lowest BCUT2D eigenvalue weighted by molar-refractivity contribution is -0.111. The Bertz CT molecular complexity index is 1100. The van der Waals surface area contributed by atoms with E-state index in [0.29, 0.717) is 35.3 Å². The van der Waals surface area contributed by atoms with Gasteiger partial charge in [0.25, 0.3) is 0 Å². The Kier molecular flexibility index (Phi) is 8.16. The van der Waals surface area contributed by atoms with Crippen molar-refractivity contribution in [1.82, 2.24) is 0 Å². The zero-order chi connectivity index (χ0) is 22.9. The number of amides is 1. The maximum Gasteiger partial charge on any atom is 0.248 e. The van der Waals surface area contributed by atoms with Crippen molar-refractivity contribution < 1.29 is 23.7 Å². The molecule has 1 N–H and O–H groups in total. The summed E-state index contributed by atoms with van der Waals surface area (Å²) in [5.74, 6) is 2.01. The first-order chi connectivity index (χ1) is 15.5. The van der Waals surface area contributed by atoms with Crippen molar-refractivity contribution in [1.29, 1.82) is 0 Å². The summed E-state index contributed by atoms with van der Waals surface area (Å²) in [6.45, 7) is 0.414. The smallest absolute Gasteiger partial charge is 0.248 e. The van der Waals surface area contributed by atoms with E-state index in [4.69, 9.17) is 18.9 Å². The number of nitrogens with one attached hydrogen (secondary N) is 1. The number of ether oxygens (including phenoxy) is 4. The molecule has 0 saturated carbocycles. The molecule has 0 atom stereocenters. The zero-order valence-corrected chi connectivity index (χ0v) is 19.6. The maximum absolute atomic E-state index is 12.4. The Morgan fingerprint density at radius 1 is 0.938 bits per heavy atom. The highest BCUT2D eigenvalue weighted by atomic mass is 79.9. The van der Waals surface area contributed by atoms with E-state index in [9.17, 15) is 4.79 Å². The number of anilines is 1. The van der Waals surface area contributed by atoms with Gasteiger partial charge in [0, 0.05) is 12.1 Å². The summed E-state index contributed by atoms with van der Waals surface area (Å²) in [7, 11) is 4.68. The first kappa shape index (κ1) is 23.2. The third-order valence-corrected chi connectivity index (χ3v) is 5.16. The highest BCUT2D eigenvalue weighted by molar-refractivity contribution is 9.10. The first-order valence-electron chi connectivity index (χ1n) is 9.79. The minimum atomic E-state index is -0.298. The lowest BCUT2D eigenvalue weighted by atomic mass is 10.1. The highest BCUT2D eigenvalue weighted by Gasteiger charge is 2.12. The monoisotopic (exact) mass is 497 g/mol. The number of methoxy groups -OCH3 is 3. The van der Waals surface area contributed by atoms with Gasteiger partial charge < -0.3 is 24.3 Å². The first-order valence-corrected chi connectivity index (χ1v) is 10.6. The Labute approximate surface area is 195 Å². The van der Waals surface area contributed by atoms with Crippen LogP contribution < -0.4 is 24.3 Å². The van der Waals surface area contributed by atoms with Gasteiger partial charge in [-0.15, -0.1) is 0 Å². The number of halogens is 1. The fourth-order valence-corrected chi connectivity index (χ4v) is 3.53. The van der Waals surface area contributed by atoms with Crippen LogP contribution in [0.4, 0.5) is 5.69 Å². The molecule has 0 spiro atoms. The van der Waals surface area contributed by atoms with Gasteiger partial charge in [-0.3, -0.25) is 4.79 Å². The molecule has 0 fully saturated rings. The van der Waals surface area contributed by atoms with Crippen molar-refractivity contribution >= 4 is 33.6 Å². The summed E-state index contributed by atoms with van der Waals surface area (Å²) in [5.41, 5.74) is 2.38. The van der Waals surface area contributed by atoms with Gasteiger partial charge in [0.15, 0.2) is 11.5 Å². The van der Waals surface area contributed by atoms with E-state index in [-0.39, 0.29) is 5.91 Å². The predicted molar refractivity (Wildman–Crippen MR) is 129 cm³/mol. The topological polar surface area (TPSA) is 66.0 Å². The molecule has 7 heteroatoms. The molecule has 0 unspecified atom stereocenters. The van der Waals surface area contributed by atoms with Crippen molar-refractivity contribution in [2.75, 3.05) is 26.6 Å². The van der Waals surface area contributed by atoms with Crippen LogP contribution in [0.2, 0.25) is 0 Å². The quantitative estimate of drug-likeness (QED) is 0.383. The highest BCUT2D eigenvalue weighted by Crippen LogP contribution is 2.37. The van der Waals surface area contributed by atoms with Crippen LogP contribution in [0.3, 0.4) is 0 Å². The number of carbonyl (C=O) groups excluding carboxylic acids is 1. The molecule has 0 aromatic heterocycles. The van der Waals surface area contributed by atoms with Crippen LogP contribution in [0.1, 0.15) is 11.1 Å². The maximum atomic E-state index is 12.4. The number of rotatable bonds is 9. The van der Waals surface area contributed by atoms with Crippen LogP contribution in [-0.2, 0) is 11.4 Å². The molecule has 0 saturated heterocycles. The van der Waals surface area contributed by atoms with Crippen molar-refractivity contribution in [3.8, 4) is 23.0 Å². The van der Waals surface area contributed by atoms with Gasteiger partial charge in [0.2, 0.25) is 5.91 Å².